The smallest absolute Gasteiger partial charge is 0.223 e. The number of carbonyl (C=O) groups excluding carboxylic acids is 1. The van der Waals surface area contributed by atoms with Gasteiger partial charge >= 0.3 is 0 Å². The highest BCUT2D eigenvalue weighted by Crippen LogP contribution is 2.33. The lowest BCUT2D eigenvalue weighted by Gasteiger charge is -2.31. The van der Waals surface area contributed by atoms with Crippen molar-refractivity contribution in [2.45, 2.75) is 98.4 Å². The molecule has 0 spiro atoms. The van der Waals surface area contributed by atoms with Crippen LogP contribution in [0.2, 0.25) is 30.7 Å². The number of nitrogens with zero attached hydrogens (tertiary/aromatic N) is 1. The molecule has 0 aliphatic heterocycles. The van der Waals surface area contributed by atoms with Gasteiger partial charge in [-0.2, -0.15) is 0 Å². The molecule has 2 aromatic rings. The van der Waals surface area contributed by atoms with Crippen LogP contribution in [0.4, 0.5) is 0 Å². The number of rotatable bonds is 12. The van der Waals surface area contributed by atoms with Crippen LogP contribution in [0, 0.1) is 5.41 Å². The van der Waals surface area contributed by atoms with Crippen LogP contribution in [0.5, 0.6) is 5.75 Å². The van der Waals surface area contributed by atoms with E-state index >= 15 is 0 Å². The van der Waals surface area contributed by atoms with Gasteiger partial charge in [0.25, 0.3) is 0 Å². The van der Waals surface area contributed by atoms with Crippen molar-refractivity contribution in [1.29, 1.82) is 0 Å². The predicted octanol–water partition coefficient (Wildman–Crippen LogP) is 8.96. The van der Waals surface area contributed by atoms with E-state index in [1.165, 1.54) is 10.4 Å². The van der Waals surface area contributed by atoms with E-state index in [-0.39, 0.29) is 29.4 Å². The minimum Gasteiger partial charge on any atom is -0.468 e. The van der Waals surface area contributed by atoms with Crippen LogP contribution < -0.4 is 4.74 Å². The number of hydrogen-bond donors (Lipinski definition) is 0. The molecule has 1 aromatic carbocycles. The Morgan fingerprint density at radius 2 is 1.78 bits per heavy atom. The van der Waals surface area contributed by atoms with Gasteiger partial charge in [0.05, 0.1) is 0 Å². The molecule has 1 unspecified atom stereocenters. The molecule has 208 valence electrons. The van der Waals surface area contributed by atoms with E-state index in [1.807, 2.05) is 23.1 Å². The van der Waals surface area contributed by atoms with Crippen molar-refractivity contribution in [2.75, 3.05) is 19.9 Å². The molecule has 0 N–H and O–H groups in total. The molecule has 0 fully saturated rings. The SMILES string of the molecule is CC(CC(=O)N(Cc1csc(C(C)(C)C)c1)CC(C)(C)C)c1ccc(OCOCC[Si](C)(C)C)cc1Cl. The van der Waals surface area contributed by atoms with Gasteiger partial charge in [0.15, 0.2) is 6.79 Å². The second-order valence-electron chi connectivity index (χ2n) is 13.6. The number of halogens is 1. The highest BCUT2D eigenvalue weighted by molar-refractivity contribution is 7.10. The zero-order chi connectivity index (χ0) is 28.0. The van der Waals surface area contributed by atoms with Crippen molar-refractivity contribution in [1.82, 2.24) is 4.90 Å². The standard InChI is InChI=1S/C30H48ClNO3SSi/c1-22(25-12-11-24(17-26(25)31)35-21-34-13-14-37(8,9)10)15-28(33)32(20-29(2,3)4)18-23-16-27(36-19-23)30(5,6)7/h11-12,16-17,19,22H,13-15,18,20-21H2,1-10H3. The van der Waals surface area contributed by atoms with Crippen LogP contribution in [0.25, 0.3) is 0 Å². The first-order valence-electron chi connectivity index (χ1n) is 13.3. The molecule has 7 heteroatoms. The van der Waals surface area contributed by atoms with E-state index in [0.29, 0.717) is 36.9 Å². The van der Waals surface area contributed by atoms with Crippen LogP contribution in [0.1, 0.15) is 76.8 Å². The Balaban J connectivity index is 2.02. The summed E-state index contributed by atoms with van der Waals surface area (Å²) in [7, 11) is -1.11. The highest BCUT2D eigenvalue weighted by Gasteiger charge is 2.25. The molecule has 0 saturated carbocycles. The third kappa shape index (κ3) is 11.5. The molecule has 1 heterocycles. The van der Waals surface area contributed by atoms with E-state index in [9.17, 15) is 4.79 Å². The van der Waals surface area contributed by atoms with Crippen molar-refractivity contribution in [3.8, 4) is 5.75 Å². The number of carbonyl (C=O) groups is 1. The molecule has 4 nitrogen and oxygen atoms in total. The molecule has 0 aliphatic rings. The van der Waals surface area contributed by atoms with Gasteiger partial charge in [0.2, 0.25) is 5.91 Å². The maximum atomic E-state index is 13.5. The first kappa shape index (κ1) is 31.9. The zero-order valence-electron chi connectivity index (χ0n) is 24.7. The van der Waals surface area contributed by atoms with Gasteiger partial charge < -0.3 is 14.4 Å². The molecule has 0 aliphatic carbocycles. The van der Waals surface area contributed by atoms with Crippen LogP contribution in [-0.2, 0) is 21.5 Å². The summed E-state index contributed by atoms with van der Waals surface area (Å²) in [5.74, 6) is 0.831. The third-order valence-corrected chi connectivity index (χ3v) is 9.51. The number of amides is 1. The van der Waals surface area contributed by atoms with Gasteiger partial charge in [-0.1, -0.05) is 85.8 Å². The molecule has 1 atom stereocenters. The average Bonchev–Trinajstić information content (AvgIpc) is 3.20. The second-order valence-corrected chi connectivity index (χ2v) is 20.6. The lowest BCUT2D eigenvalue weighted by molar-refractivity contribution is -0.133. The van der Waals surface area contributed by atoms with E-state index in [4.69, 9.17) is 21.1 Å². The molecule has 0 saturated heterocycles. The Morgan fingerprint density at radius 3 is 2.32 bits per heavy atom. The highest BCUT2D eigenvalue weighted by atomic mass is 35.5. The third-order valence-electron chi connectivity index (χ3n) is 6.07. The summed E-state index contributed by atoms with van der Waals surface area (Å²) >= 11 is 8.41. The van der Waals surface area contributed by atoms with E-state index in [2.05, 4.69) is 79.6 Å². The molecule has 1 aromatic heterocycles. The first-order chi connectivity index (χ1) is 16.9. The van der Waals surface area contributed by atoms with Gasteiger partial charge in [0, 0.05) is 44.1 Å². The predicted molar refractivity (Wildman–Crippen MR) is 162 cm³/mol. The van der Waals surface area contributed by atoms with E-state index in [1.54, 1.807) is 11.3 Å². The maximum Gasteiger partial charge on any atom is 0.223 e. The summed E-state index contributed by atoms with van der Waals surface area (Å²) in [5.41, 5.74) is 2.29. The molecule has 0 radical (unpaired) electrons. The molecular weight excluding hydrogens is 518 g/mol. The summed E-state index contributed by atoms with van der Waals surface area (Å²) in [6.07, 6.45) is 0.409. The Bertz CT molecular complexity index is 1020. The summed E-state index contributed by atoms with van der Waals surface area (Å²) in [6.45, 7) is 24.5. The maximum absolute atomic E-state index is 13.5. The van der Waals surface area contributed by atoms with Gasteiger partial charge in [-0.25, -0.2) is 0 Å². The van der Waals surface area contributed by atoms with Crippen LogP contribution >= 0.6 is 22.9 Å². The summed E-state index contributed by atoms with van der Waals surface area (Å²) in [4.78, 5) is 16.9. The molecule has 0 bridgehead atoms. The van der Waals surface area contributed by atoms with Crippen LogP contribution in [-0.4, -0.2) is 38.8 Å². The first-order valence-corrected chi connectivity index (χ1v) is 18.3. The normalized spacial score (nSPS) is 13.5. The largest absolute Gasteiger partial charge is 0.468 e. The Kier molecular flexibility index (Phi) is 11.3. The minimum atomic E-state index is -1.11. The van der Waals surface area contributed by atoms with Crippen molar-refractivity contribution in [3.63, 3.8) is 0 Å². The molecular formula is C30H48ClNO3SSi. The minimum absolute atomic E-state index is 0.00266. The second kappa shape index (κ2) is 13.1. The van der Waals surface area contributed by atoms with Crippen molar-refractivity contribution in [2.24, 2.45) is 5.41 Å². The average molecular weight is 566 g/mol. The number of benzene rings is 1. The number of thiophene rings is 1. The fourth-order valence-electron chi connectivity index (χ4n) is 3.92. The van der Waals surface area contributed by atoms with Gasteiger partial charge in [0.1, 0.15) is 5.75 Å². The Morgan fingerprint density at radius 1 is 1.11 bits per heavy atom. The van der Waals surface area contributed by atoms with Crippen molar-refractivity contribution >= 4 is 36.9 Å². The van der Waals surface area contributed by atoms with Crippen LogP contribution in [0.3, 0.4) is 0 Å². The summed E-state index contributed by atoms with van der Waals surface area (Å²) < 4.78 is 11.4. The Labute approximate surface area is 235 Å². The molecule has 2 rings (SSSR count). The topological polar surface area (TPSA) is 38.8 Å². The van der Waals surface area contributed by atoms with E-state index in [0.717, 1.165) is 11.6 Å². The van der Waals surface area contributed by atoms with Crippen molar-refractivity contribution < 1.29 is 14.3 Å². The quantitative estimate of drug-likeness (QED) is 0.146. The zero-order valence-corrected chi connectivity index (χ0v) is 27.2. The summed E-state index contributed by atoms with van der Waals surface area (Å²) in [5, 5.41) is 2.81. The number of hydrogen-bond acceptors (Lipinski definition) is 4. The van der Waals surface area contributed by atoms with Crippen LogP contribution in [0.15, 0.2) is 29.6 Å². The molecule has 37 heavy (non-hydrogen) atoms. The Hall–Kier alpha value is -1.34. The lowest BCUT2D eigenvalue weighted by Crippen LogP contribution is -2.37. The van der Waals surface area contributed by atoms with Gasteiger partial charge in [-0.3, -0.25) is 4.79 Å². The lowest BCUT2D eigenvalue weighted by atomic mass is 9.93. The van der Waals surface area contributed by atoms with Crippen molar-refractivity contribution in [3.05, 3.63) is 50.7 Å². The molecule has 1 amide bonds. The summed E-state index contributed by atoms with van der Waals surface area (Å²) in [6, 6.07) is 9.07. The number of ether oxygens (including phenoxy) is 2. The van der Waals surface area contributed by atoms with E-state index < -0.39 is 8.07 Å². The fourth-order valence-corrected chi connectivity index (χ4v) is 6.03. The van der Waals surface area contributed by atoms with Gasteiger partial charge in [-0.15, -0.1) is 11.3 Å². The monoisotopic (exact) mass is 565 g/mol. The van der Waals surface area contributed by atoms with Gasteiger partial charge in [-0.05, 0) is 57.5 Å². The fraction of sp³-hybridized carbons (Fsp3) is 0.633.